The van der Waals surface area contributed by atoms with E-state index in [1.54, 1.807) is 0 Å². The van der Waals surface area contributed by atoms with Crippen molar-refractivity contribution in [2.45, 2.75) is 25.7 Å². The second kappa shape index (κ2) is 4.80. The molecular formula is C8H14F3NO3. The van der Waals surface area contributed by atoms with Crippen molar-refractivity contribution in [1.29, 1.82) is 0 Å². The lowest BCUT2D eigenvalue weighted by molar-refractivity contribution is -0.325. The molecule has 0 amide bonds. The van der Waals surface area contributed by atoms with Crippen molar-refractivity contribution < 1.29 is 27.8 Å². The smallest absolute Gasteiger partial charge is 0.480 e. The SMILES string of the molecule is CN(CCOC(F)(F)F)C(C)(C)C(=O)O. The number of carboxylic acids is 1. The molecule has 15 heavy (non-hydrogen) atoms. The highest BCUT2D eigenvalue weighted by atomic mass is 19.4. The first-order chi connectivity index (χ1) is 6.57. The van der Waals surface area contributed by atoms with Gasteiger partial charge in [0.05, 0.1) is 6.61 Å². The van der Waals surface area contributed by atoms with E-state index in [1.807, 2.05) is 0 Å². The summed E-state index contributed by atoms with van der Waals surface area (Å²) in [7, 11) is 1.42. The zero-order valence-electron chi connectivity index (χ0n) is 8.76. The fraction of sp³-hybridized carbons (Fsp3) is 0.875. The minimum absolute atomic E-state index is 0.112. The molecule has 90 valence electrons. The number of carbonyl (C=O) groups is 1. The molecule has 0 aromatic carbocycles. The predicted octanol–water partition coefficient (Wildman–Crippen LogP) is 1.32. The molecule has 4 nitrogen and oxygen atoms in total. The Hall–Kier alpha value is -0.820. The van der Waals surface area contributed by atoms with Crippen LogP contribution in [0.2, 0.25) is 0 Å². The summed E-state index contributed by atoms with van der Waals surface area (Å²) in [4.78, 5) is 12.0. The van der Waals surface area contributed by atoms with Crippen LogP contribution in [-0.4, -0.2) is 48.1 Å². The van der Waals surface area contributed by atoms with Gasteiger partial charge in [-0.15, -0.1) is 13.2 Å². The van der Waals surface area contributed by atoms with Crippen LogP contribution in [0.4, 0.5) is 13.2 Å². The molecule has 0 aliphatic heterocycles. The normalized spacial score (nSPS) is 13.3. The Morgan fingerprint density at radius 3 is 2.20 bits per heavy atom. The molecule has 7 heteroatoms. The molecule has 0 aliphatic carbocycles. The van der Waals surface area contributed by atoms with Crippen molar-refractivity contribution in [1.82, 2.24) is 4.90 Å². The topological polar surface area (TPSA) is 49.8 Å². The molecule has 0 unspecified atom stereocenters. The van der Waals surface area contributed by atoms with Gasteiger partial charge in [0, 0.05) is 6.54 Å². The molecule has 0 saturated heterocycles. The molecular weight excluding hydrogens is 215 g/mol. The standard InChI is InChI=1S/C8H14F3NO3/c1-7(2,6(13)14)12(3)4-5-15-8(9,10)11/h4-5H2,1-3H3,(H,13,14). The maximum atomic E-state index is 11.6. The van der Waals surface area contributed by atoms with E-state index in [-0.39, 0.29) is 6.54 Å². The lowest BCUT2D eigenvalue weighted by Crippen LogP contribution is -2.49. The summed E-state index contributed by atoms with van der Waals surface area (Å²) >= 11 is 0. The van der Waals surface area contributed by atoms with Gasteiger partial charge in [0.15, 0.2) is 0 Å². The van der Waals surface area contributed by atoms with Crippen molar-refractivity contribution in [3.63, 3.8) is 0 Å². The zero-order valence-corrected chi connectivity index (χ0v) is 8.76. The van der Waals surface area contributed by atoms with Gasteiger partial charge in [0.2, 0.25) is 0 Å². The number of likely N-dealkylation sites (N-methyl/N-ethyl adjacent to an activating group) is 1. The number of hydrogen-bond acceptors (Lipinski definition) is 3. The van der Waals surface area contributed by atoms with Crippen molar-refractivity contribution in [2.24, 2.45) is 0 Å². The molecule has 0 radical (unpaired) electrons. The average Bonchev–Trinajstić information content (AvgIpc) is 2.01. The summed E-state index contributed by atoms with van der Waals surface area (Å²) in [6.07, 6.45) is -4.67. The fourth-order valence-corrected chi connectivity index (χ4v) is 0.741. The van der Waals surface area contributed by atoms with Gasteiger partial charge >= 0.3 is 12.3 Å². The number of hydrogen-bond donors (Lipinski definition) is 1. The van der Waals surface area contributed by atoms with Crippen LogP contribution in [0, 0.1) is 0 Å². The molecule has 0 fully saturated rings. The predicted molar refractivity (Wildman–Crippen MR) is 46.4 cm³/mol. The van der Waals surface area contributed by atoms with Gasteiger partial charge in [-0.05, 0) is 20.9 Å². The number of aliphatic carboxylic acids is 1. The third-order valence-corrected chi connectivity index (χ3v) is 2.17. The summed E-state index contributed by atoms with van der Waals surface area (Å²) in [5, 5.41) is 8.77. The Balaban J connectivity index is 4.05. The second-order valence-corrected chi connectivity index (χ2v) is 3.58. The fourth-order valence-electron chi connectivity index (χ4n) is 0.741. The number of halogens is 3. The van der Waals surface area contributed by atoms with Crippen LogP contribution in [0.25, 0.3) is 0 Å². The molecule has 0 bridgehead atoms. The van der Waals surface area contributed by atoms with Crippen LogP contribution in [0.5, 0.6) is 0 Å². The van der Waals surface area contributed by atoms with Crippen molar-refractivity contribution in [3.8, 4) is 0 Å². The highest BCUT2D eigenvalue weighted by Crippen LogP contribution is 2.17. The quantitative estimate of drug-likeness (QED) is 0.772. The number of carboxylic acid groups (broad SMARTS) is 1. The van der Waals surface area contributed by atoms with E-state index in [0.717, 1.165) is 0 Å². The molecule has 0 saturated carbocycles. The summed E-state index contributed by atoms with van der Waals surface area (Å²) in [6.45, 7) is 2.11. The van der Waals surface area contributed by atoms with Crippen molar-refractivity contribution in [2.75, 3.05) is 20.2 Å². The minimum Gasteiger partial charge on any atom is -0.480 e. The van der Waals surface area contributed by atoms with Crippen LogP contribution >= 0.6 is 0 Å². The molecule has 0 spiro atoms. The highest BCUT2D eigenvalue weighted by Gasteiger charge is 2.33. The van der Waals surface area contributed by atoms with Crippen LogP contribution in [-0.2, 0) is 9.53 Å². The third-order valence-electron chi connectivity index (χ3n) is 2.17. The lowest BCUT2D eigenvalue weighted by Gasteiger charge is -2.31. The summed E-state index contributed by atoms with van der Waals surface area (Å²) < 4.78 is 38.4. The van der Waals surface area contributed by atoms with Gasteiger partial charge in [0.1, 0.15) is 5.54 Å². The molecule has 0 rings (SSSR count). The Morgan fingerprint density at radius 1 is 1.40 bits per heavy atom. The van der Waals surface area contributed by atoms with E-state index in [1.165, 1.54) is 25.8 Å². The van der Waals surface area contributed by atoms with Gasteiger partial charge in [0.25, 0.3) is 0 Å². The first-order valence-corrected chi connectivity index (χ1v) is 4.22. The highest BCUT2D eigenvalue weighted by molar-refractivity contribution is 5.77. The maximum Gasteiger partial charge on any atom is 0.522 e. The minimum atomic E-state index is -4.67. The van der Waals surface area contributed by atoms with Crippen molar-refractivity contribution in [3.05, 3.63) is 0 Å². The molecule has 0 heterocycles. The van der Waals surface area contributed by atoms with Gasteiger partial charge in [-0.3, -0.25) is 14.4 Å². The number of ether oxygens (including phenoxy) is 1. The maximum absolute atomic E-state index is 11.6. The molecule has 0 atom stereocenters. The van der Waals surface area contributed by atoms with Gasteiger partial charge in [-0.25, -0.2) is 0 Å². The van der Waals surface area contributed by atoms with Gasteiger partial charge < -0.3 is 5.11 Å². The largest absolute Gasteiger partial charge is 0.522 e. The summed E-state index contributed by atoms with van der Waals surface area (Å²) in [5.74, 6) is -1.10. The Labute approximate surface area is 85.6 Å². The van der Waals surface area contributed by atoms with Crippen LogP contribution < -0.4 is 0 Å². The number of nitrogens with zero attached hydrogens (tertiary/aromatic N) is 1. The van der Waals surface area contributed by atoms with Crippen LogP contribution in [0.3, 0.4) is 0 Å². The Bertz CT molecular complexity index is 228. The molecule has 0 aliphatic rings. The average molecular weight is 229 g/mol. The molecule has 1 N–H and O–H groups in total. The van der Waals surface area contributed by atoms with Gasteiger partial charge in [-0.1, -0.05) is 0 Å². The van der Waals surface area contributed by atoms with Crippen LogP contribution in [0.1, 0.15) is 13.8 Å². The Morgan fingerprint density at radius 2 is 1.87 bits per heavy atom. The molecule has 0 aromatic heterocycles. The molecule has 0 aromatic rings. The number of alkyl halides is 3. The Kier molecular flexibility index (Phi) is 4.54. The van der Waals surface area contributed by atoms with E-state index in [9.17, 15) is 18.0 Å². The zero-order chi connectivity index (χ0) is 12.3. The van der Waals surface area contributed by atoms with Crippen molar-refractivity contribution >= 4 is 5.97 Å². The first-order valence-electron chi connectivity index (χ1n) is 4.22. The van der Waals surface area contributed by atoms with Gasteiger partial charge in [-0.2, -0.15) is 0 Å². The second-order valence-electron chi connectivity index (χ2n) is 3.58. The summed E-state index contributed by atoms with van der Waals surface area (Å²) in [5.41, 5.74) is -1.21. The monoisotopic (exact) mass is 229 g/mol. The van der Waals surface area contributed by atoms with Crippen LogP contribution in [0.15, 0.2) is 0 Å². The lowest BCUT2D eigenvalue weighted by atomic mass is 10.0. The van der Waals surface area contributed by atoms with E-state index in [0.29, 0.717) is 0 Å². The van der Waals surface area contributed by atoms with E-state index < -0.39 is 24.5 Å². The van der Waals surface area contributed by atoms with E-state index in [4.69, 9.17) is 5.11 Å². The van der Waals surface area contributed by atoms with E-state index >= 15 is 0 Å². The van der Waals surface area contributed by atoms with E-state index in [2.05, 4.69) is 4.74 Å². The number of rotatable bonds is 5. The summed E-state index contributed by atoms with van der Waals surface area (Å²) in [6, 6.07) is 0. The third kappa shape index (κ3) is 4.98. The first kappa shape index (κ1) is 14.2.